The van der Waals surface area contributed by atoms with Gasteiger partial charge in [-0.1, -0.05) is 6.07 Å². The van der Waals surface area contributed by atoms with Gasteiger partial charge in [-0.2, -0.15) is 4.31 Å². The molecule has 0 radical (unpaired) electrons. The minimum Gasteiger partial charge on any atom is -0.341 e. The lowest BCUT2D eigenvalue weighted by Crippen LogP contribution is -2.45. The van der Waals surface area contributed by atoms with Gasteiger partial charge in [0.2, 0.25) is 26.0 Å². The quantitative estimate of drug-likeness (QED) is 0.646. The monoisotopic (exact) mass is 483 g/mol. The van der Waals surface area contributed by atoms with E-state index in [4.69, 9.17) is 0 Å². The van der Waals surface area contributed by atoms with Gasteiger partial charge in [0.15, 0.2) is 0 Å². The van der Waals surface area contributed by atoms with E-state index in [1.54, 1.807) is 11.0 Å². The van der Waals surface area contributed by atoms with Crippen molar-refractivity contribution in [1.29, 1.82) is 0 Å². The molecular weight excluding hydrogens is 450 g/mol. The third-order valence-electron chi connectivity index (χ3n) is 7.00. The molecule has 2 saturated heterocycles. The lowest BCUT2D eigenvalue weighted by molar-refractivity contribution is -0.136. The Morgan fingerprint density at radius 3 is 2.19 bits per heavy atom. The predicted molar refractivity (Wildman–Crippen MR) is 122 cm³/mol. The summed E-state index contributed by atoms with van der Waals surface area (Å²) in [7, 11) is -6.82. The summed E-state index contributed by atoms with van der Waals surface area (Å²) in [6, 6.07) is 5.52. The zero-order chi connectivity index (χ0) is 22.9. The van der Waals surface area contributed by atoms with Gasteiger partial charge in [-0.25, -0.2) is 21.1 Å². The molecule has 3 aliphatic rings. The van der Waals surface area contributed by atoms with Gasteiger partial charge in [0, 0.05) is 45.2 Å². The number of aryl methyl sites for hydroxylation is 2. The van der Waals surface area contributed by atoms with Crippen LogP contribution in [-0.4, -0.2) is 81.8 Å². The first-order chi connectivity index (χ1) is 15.2. The van der Waals surface area contributed by atoms with Gasteiger partial charge in [0.05, 0.1) is 11.2 Å². The lowest BCUT2D eigenvalue weighted by Gasteiger charge is -2.33. The number of benzene rings is 1. The van der Waals surface area contributed by atoms with Crippen molar-refractivity contribution in [2.45, 2.75) is 49.8 Å². The van der Waals surface area contributed by atoms with Crippen molar-refractivity contribution in [2.24, 2.45) is 5.92 Å². The van der Waals surface area contributed by atoms with Crippen molar-refractivity contribution < 1.29 is 21.6 Å². The van der Waals surface area contributed by atoms with Crippen LogP contribution in [0.3, 0.4) is 0 Å². The molecule has 0 N–H and O–H groups in total. The molecule has 0 saturated carbocycles. The minimum atomic E-state index is -3.56. The van der Waals surface area contributed by atoms with Crippen LogP contribution >= 0.6 is 0 Å². The molecule has 2 fully saturated rings. The minimum absolute atomic E-state index is 0.0196. The van der Waals surface area contributed by atoms with Crippen LogP contribution in [0.1, 0.15) is 43.2 Å². The molecule has 8 nitrogen and oxygen atoms in total. The van der Waals surface area contributed by atoms with Crippen LogP contribution in [0, 0.1) is 5.92 Å². The van der Waals surface area contributed by atoms with Crippen molar-refractivity contribution in [3.63, 3.8) is 0 Å². The van der Waals surface area contributed by atoms with Crippen molar-refractivity contribution in [3.8, 4) is 0 Å². The van der Waals surface area contributed by atoms with Crippen LogP contribution in [-0.2, 0) is 37.7 Å². The molecule has 2 aliphatic heterocycles. The Morgan fingerprint density at radius 1 is 0.812 bits per heavy atom. The van der Waals surface area contributed by atoms with Crippen molar-refractivity contribution in [3.05, 3.63) is 29.3 Å². The molecule has 2 heterocycles. The molecule has 0 bridgehead atoms. The zero-order valence-corrected chi connectivity index (χ0v) is 20.3. The summed E-state index contributed by atoms with van der Waals surface area (Å²) in [6.45, 7) is 2.34. The van der Waals surface area contributed by atoms with Crippen LogP contribution < -0.4 is 0 Å². The van der Waals surface area contributed by atoms with Crippen LogP contribution in [0.25, 0.3) is 0 Å². The van der Waals surface area contributed by atoms with E-state index in [-0.39, 0.29) is 11.8 Å². The second-order valence-corrected chi connectivity index (χ2v) is 13.1. The summed E-state index contributed by atoms with van der Waals surface area (Å²) in [5.41, 5.74) is 2.40. The van der Waals surface area contributed by atoms with Gasteiger partial charge in [0.25, 0.3) is 0 Å². The van der Waals surface area contributed by atoms with Crippen molar-refractivity contribution in [2.75, 3.05) is 45.5 Å². The molecule has 0 aromatic heterocycles. The number of hydrogen-bond acceptors (Lipinski definition) is 5. The highest BCUT2D eigenvalue weighted by Crippen LogP contribution is 2.29. The maximum atomic E-state index is 13.2. The number of fused-ring (bicyclic) bond motifs is 1. The molecule has 1 amide bonds. The van der Waals surface area contributed by atoms with E-state index >= 15 is 0 Å². The standard InChI is InChI=1S/C22H33N3O5S2/c1-31(27,28)24-12-4-11-23(15-16-24)22(26)19-9-13-25(14-10-19)32(29,30)21-8-7-18-5-2-3-6-20(18)17-21/h7-8,17,19H,2-6,9-16H2,1H3. The summed E-state index contributed by atoms with van der Waals surface area (Å²) in [4.78, 5) is 15.2. The molecule has 0 spiro atoms. The Balaban J connectivity index is 1.37. The maximum absolute atomic E-state index is 13.2. The van der Waals surface area contributed by atoms with Crippen LogP contribution in [0.2, 0.25) is 0 Å². The average molecular weight is 484 g/mol. The van der Waals surface area contributed by atoms with Crippen LogP contribution in [0.4, 0.5) is 0 Å². The van der Waals surface area contributed by atoms with Gasteiger partial charge in [0.1, 0.15) is 0 Å². The Bertz CT molecular complexity index is 1060. The number of carbonyl (C=O) groups excluding carboxylic acids is 1. The van der Waals surface area contributed by atoms with Gasteiger partial charge in [-0.15, -0.1) is 0 Å². The summed E-state index contributed by atoms with van der Waals surface area (Å²) in [5, 5.41) is 0. The molecule has 32 heavy (non-hydrogen) atoms. The largest absolute Gasteiger partial charge is 0.341 e. The summed E-state index contributed by atoms with van der Waals surface area (Å²) in [5.74, 6) is -0.194. The van der Waals surface area contributed by atoms with Gasteiger partial charge in [-0.3, -0.25) is 4.79 Å². The Hall–Kier alpha value is -1.49. The molecule has 1 aromatic rings. The topological polar surface area (TPSA) is 95.1 Å². The second kappa shape index (κ2) is 9.40. The van der Waals surface area contributed by atoms with E-state index in [1.807, 2.05) is 12.1 Å². The van der Waals surface area contributed by atoms with Crippen LogP contribution in [0.15, 0.2) is 23.1 Å². The Kier molecular flexibility index (Phi) is 6.95. The third kappa shape index (κ3) is 5.03. The maximum Gasteiger partial charge on any atom is 0.243 e. The fraction of sp³-hybridized carbons (Fsp3) is 0.682. The smallest absolute Gasteiger partial charge is 0.243 e. The van der Waals surface area contributed by atoms with E-state index in [2.05, 4.69) is 0 Å². The van der Waals surface area contributed by atoms with Gasteiger partial charge < -0.3 is 4.90 Å². The highest BCUT2D eigenvalue weighted by atomic mass is 32.2. The Labute approximate surface area is 191 Å². The normalized spacial score (nSPS) is 22.3. The first kappa shape index (κ1) is 23.7. The first-order valence-electron chi connectivity index (χ1n) is 11.5. The highest BCUT2D eigenvalue weighted by molar-refractivity contribution is 7.89. The zero-order valence-electron chi connectivity index (χ0n) is 18.7. The second-order valence-electron chi connectivity index (χ2n) is 9.16. The number of amides is 1. The van der Waals surface area contributed by atoms with Gasteiger partial charge >= 0.3 is 0 Å². The van der Waals surface area contributed by atoms with E-state index in [1.165, 1.54) is 20.4 Å². The Morgan fingerprint density at radius 2 is 1.50 bits per heavy atom. The number of piperidine rings is 1. The number of carbonyl (C=O) groups is 1. The number of hydrogen-bond donors (Lipinski definition) is 0. The fourth-order valence-corrected chi connectivity index (χ4v) is 7.46. The summed E-state index contributed by atoms with van der Waals surface area (Å²) in [6.07, 6.45) is 7.01. The summed E-state index contributed by atoms with van der Waals surface area (Å²) < 4.78 is 52.9. The van der Waals surface area contributed by atoms with Crippen molar-refractivity contribution >= 4 is 26.0 Å². The van der Waals surface area contributed by atoms with E-state index < -0.39 is 20.0 Å². The molecule has 0 atom stereocenters. The third-order valence-corrected chi connectivity index (χ3v) is 10.2. The molecular formula is C22H33N3O5S2. The molecule has 0 unspecified atom stereocenters. The summed E-state index contributed by atoms with van der Waals surface area (Å²) >= 11 is 0. The van der Waals surface area contributed by atoms with E-state index in [9.17, 15) is 21.6 Å². The molecule has 1 aromatic carbocycles. The van der Waals surface area contributed by atoms with Crippen molar-refractivity contribution in [1.82, 2.24) is 13.5 Å². The fourth-order valence-electron chi connectivity index (χ4n) is 5.07. The lowest BCUT2D eigenvalue weighted by atomic mass is 9.92. The number of rotatable bonds is 4. The molecule has 1 aliphatic carbocycles. The number of nitrogens with zero attached hydrogens (tertiary/aromatic N) is 3. The van der Waals surface area contributed by atoms with E-state index in [0.717, 1.165) is 31.2 Å². The predicted octanol–water partition coefficient (Wildman–Crippen LogP) is 1.46. The average Bonchev–Trinajstić information content (AvgIpc) is 3.05. The first-order valence-corrected chi connectivity index (χ1v) is 14.8. The molecule has 10 heteroatoms. The van der Waals surface area contributed by atoms with E-state index in [0.29, 0.717) is 63.4 Å². The molecule has 178 valence electrons. The SMILES string of the molecule is CS(=O)(=O)N1CCCN(C(=O)C2CCN(S(=O)(=O)c3ccc4c(c3)CCCC4)CC2)CC1. The van der Waals surface area contributed by atoms with Gasteiger partial charge in [-0.05, 0) is 68.2 Å². The highest BCUT2D eigenvalue weighted by Gasteiger charge is 2.35. The number of sulfonamides is 2. The van der Waals surface area contributed by atoms with Crippen LogP contribution in [0.5, 0.6) is 0 Å². The molecule has 4 rings (SSSR count).